The van der Waals surface area contributed by atoms with Crippen LogP contribution in [0.1, 0.15) is 29.8 Å². The zero-order chi connectivity index (χ0) is 26.5. The Kier molecular flexibility index (Phi) is 8.21. The molecule has 0 aliphatic heterocycles. The molecular formula is C28H24ClFN2O4S. The summed E-state index contributed by atoms with van der Waals surface area (Å²) in [6.45, 7) is 3.56. The fraction of sp³-hybridized carbons (Fsp3) is 0.179. The molecule has 4 aromatic rings. The van der Waals surface area contributed by atoms with Crippen LogP contribution in [-0.4, -0.2) is 23.5 Å². The molecule has 0 aliphatic rings. The summed E-state index contributed by atoms with van der Waals surface area (Å²) in [5.41, 5.74) is 4.53. The van der Waals surface area contributed by atoms with Gasteiger partial charge in [0.1, 0.15) is 11.9 Å². The zero-order valence-electron chi connectivity index (χ0n) is 20.4. The minimum absolute atomic E-state index is 0.123. The average molecular weight is 539 g/mol. The molecule has 1 N–H and O–H groups in total. The van der Waals surface area contributed by atoms with Gasteiger partial charge in [-0.3, -0.25) is 10.1 Å². The largest absolute Gasteiger partial charge is 0.469 e. The molecule has 0 radical (unpaired) electrons. The quantitative estimate of drug-likeness (QED) is 0.245. The maximum absolute atomic E-state index is 14.5. The minimum atomic E-state index is -0.615. The highest BCUT2D eigenvalue weighted by Gasteiger charge is 2.19. The molecule has 1 heterocycles. The summed E-state index contributed by atoms with van der Waals surface area (Å²) in [6.07, 6.45) is -1.28. The van der Waals surface area contributed by atoms with E-state index in [1.807, 2.05) is 42.5 Å². The Morgan fingerprint density at radius 2 is 1.73 bits per heavy atom. The highest BCUT2D eigenvalue weighted by Crippen LogP contribution is 2.36. The summed E-state index contributed by atoms with van der Waals surface area (Å²) in [5.74, 6) is -0.969. The van der Waals surface area contributed by atoms with E-state index in [0.29, 0.717) is 27.5 Å². The van der Waals surface area contributed by atoms with Crippen LogP contribution in [0.15, 0.2) is 66.7 Å². The summed E-state index contributed by atoms with van der Waals surface area (Å²) < 4.78 is 29.0. The summed E-state index contributed by atoms with van der Waals surface area (Å²) in [4.78, 5) is 24.9. The number of halogens is 2. The number of anilines is 1. The first kappa shape index (κ1) is 26.3. The van der Waals surface area contributed by atoms with Crippen molar-refractivity contribution in [3.05, 3.63) is 94.4 Å². The van der Waals surface area contributed by atoms with Crippen LogP contribution in [-0.2, 0) is 20.7 Å². The maximum atomic E-state index is 14.5. The van der Waals surface area contributed by atoms with Gasteiger partial charge in [0.25, 0.3) is 0 Å². The van der Waals surface area contributed by atoms with Crippen LogP contribution >= 0.6 is 23.1 Å². The van der Waals surface area contributed by atoms with Crippen LogP contribution in [0.3, 0.4) is 0 Å². The third-order valence-corrected chi connectivity index (χ3v) is 7.14. The van der Waals surface area contributed by atoms with E-state index < -0.39 is 24.0 Å². The number of hydrogen-bond donors (Lipinski definition) is 1. The van der Waals surface area contributed by atoms with Crippen molar-refractivity contribution < 1.29 is 23.5 Å². The first-order valence-electron chi connectivity index (χ1n) is 11.4. The van der Waals surface area contributed by atoms with Crippen LogP contribution in [0.4, 0.5) is 14.9 Å². The number of aromatic nitrogens is 1. The fourth-order valence-corrected chi connectivity index (χ4v) is 4.93. The third kappa shape index (κ3) is 6.15. The normalized spacial score (nSPS) is 11.6. The number of esters is 1. The molecule has 190 valence electrons. The average Bonchev–Trinajstić information content (AvgIpc) is 3.25. The number of amides is 1. The van der Waals surface area contributed by atoms with E-state index in [-0.39, 0.29) is 12.0 Å². The number of aryl methyl sites for hydroxylation is 1. The first-order chi connectivity index (χ1) is 17.8. The van der Waals surface area contributed by atoms with Crippen molar-refractivity contribution in [3.63, 3.8) is 0 Å². The molecule has 0 unspecified atom stereocenters. The van der Waals surface area contributed by atoms with Gasteiger partial charge in [-0.15, -0.1) is 0 Å². The van der Waals surface area contributed by atoms with Crippen LogP contribution in [0.2, 0.25) is 5.02 Å². The molecular weight excluding hydrogens is 515 g/mol. The van der Waals surface area contributed by atoms with Gasteiger partial charge in [0, 0.05) is 10.6 Å². The first-order valence-corrected chi connectivity index (χ1v) is 12.6. The van der Waals surface area contributed by atoms with E-state index in [9.17, 15) is 14.0 Å². The van der Waals surface area contributed by atoms with Crippen molar-refractivity contribution in [2.24, 2.45) is 0 Å². The fourth-order valence-electron chi connectivity index (χ4n) is 3.79. The summed E-state index contributed by atoms with van der Waals surface area (Å²) >= 11 is 7.47. The number of carbonyl (C=O) groups is 2. The smallest absolute Gasteiger partial charge is 0.412 e. The van der Waals surface area contributed by atoms with Gasteiger partial charge >= 0.3 is 12.1 Å². The van der Waals surface area contributed by atoms with Crippen molar-refractivity contribution in [1.82, 2.24) is 4.37 Å². The predicted octanol–water partition coefficient (Wildman–Crippen LogP) is 7.60. The lowest BCUT2D eigenvalue weighted by Crippen LogP contribution is -2.16. The molecule has 0 saturated carbocycles. The summed E-state index contributed by atoms with van der Waals surface area (Å²) in [7, 11) is 1.27. The van der Waals surface area contributed by atoms with E-state index in [4.69, 9.17) is 16.3 Å². The number of benzene rings is 3. The number of hydrogen-bond acceptors (Lipinski definition) is 6. The highest BCUT2D eigenvalue weighted by molar-refractivity contribution is 7.10. The Hall–Kier alpha value is -3.75. The predicted molar refractivity (Wildman–Crippen MR) is 143 cm³/mol. The van der Waals surface area contributed by atoms with Crippen LogP contribution < -0.4 is 5.32 Å². The Morgan fingerprint density at radius 1 is 1.05 bits per heavy atom. The molecule has 4 rings (SSSR count). The Morgan fingerprint density at radius 3 is 2.41 bits per heavy atom. The van der Waals surface area contributed by atoms with E-state index in [0.717, 1.165) is 16.0 Å². The van der Waals surface area contributed by atoms with Crippen LogP contribution in [0.5, 0.6) is 0 Å². The van der Waals surface area contributed by atoms with Gasteiger partial charge in [0.05, 0.1) is 29.8 Å². The number of nitrogens with one attached hydrogen (secondary N) is 1. The molecule has 0 aliphatic carbocycles. The second kappa shape index (κ2) is 11.5. The summed E-state index contributed by atoms with van der Waals surface area (Å²) in [6, 6.07) is 19.4. The Balaban J connectivity index is 1.49. The molecule has 6 nitrogen and oxygen atoms in total. The van der Waals surface area contributed by atoms with Crippen LogP contribution in [0, 0.1) is 12.7 Å². The topological polar surface area (TPSA) is 77.5 Å². The van der Waals surface area contributed by atoms with Gasteiger partial charge in [-0.2, -0.15) is 4.37 Å². The van der Waals surface area contributed by atoms with E-state index in [1.165, 1.54) is 24.7 Å². The molecule has 0 spiro atoms. The third-order valence-electron chi connectivity index (χ3n) is 5.81. The lowest BCUT2D eigenvalue weighted by molar-refractivity contribution is -0.139. The molecule has 9 heteroatoms. The second-order valence-electron chi connectivity index (χ2n) is 8.30. The van der Waals surface area contributed by atoms with Crippen molar-refractivity contribution in [2.75, 3.05) is 12.4 Å². The molecule has 0 fully saturated rings. The monoisotopic (exact) mass is 538 g/mol. The van der Waals surface area contributed by atoms with Gasteiger partial charge in [0.15, 0.2) is 0 Å². The van der Waals surface area contributed by atoms with E-state index in [2.05, 4.69) is 14.4 Å². The molecule has 37 heavy (non-hydrogen) atoms. The Labute approximate surface area is 223 Å². The highest BCUT2D eigenvalue weighted by atomic mass is 35.5. The molecule has 1 amide bonds. The number of ether oxygens (including phenoxy) is 2. The van der Waals surface area contributed by atoms with Crippen molar-refractivity contribution >= 4 is 40.9 Å². The van der Waals surface area contributed by atoms with Gasteiger partial charge in [-0.1, -0.05) is 66.2 Å². The SMILES string of the molecule is COC(=O)Cc1ccc(-c2ccc(-c3snc(C)c3NC(=O)O[C@H](C)c3ccccc3Cl)cc2)cc1F. The molecule has 0 saturated heterocycles. The molecule has 1 aromatic heterocycles. The molecule has 1 atom stereocenters. The van der Waals surface area contributed by atoms with E-state index >= 15 is 0 Å². The van der Waals surface area contributed by atoms with Crippen molar-refractivity contribution in [3.8, 4) is 21.6 Å². The van der Waals surface area contributed by atoms with Crippen LogP contribution in [0.25, 0.3) is 21.6 Å². The maximum Gasteiger partial charge on any atom is 0.412 e. The number of methoxy groups -OCH3 is 1. The zero-order valence-corrected chi connectivity index (χ0v) is 22.0. The lowest BCUT2D eigenvalue weighted by atomic mass is 10.0. The second-order valence-corrected chi connectivity index (χ2v) is 9.48. The van der Waals surface area contributed by atoms with Crippen molar-refractivity contribution in [1.29, 1.82) is 0 Å². The van der Waals surface area contributed by atoms with Gasteiger partial charge in [0.2, 0.25) is 0 Å². The molecule has 3 aromatic carbocycles. The lowest BCUT2D eigenvalue weighted by Gasteiger charge is -2.16. The Bertz CT molecular complexity index is 1440. The molecule has 0 bridgehead atoms. The van der Waals surface area contributed by atoms with Gasteiger partial charge < -0.3 is 9.47 Å². The number of nitrogens with zero attached hydrogens (tertiary/aromatic N) is 1. The number of rotatable bonds is 7. The van der Waals surface area contributed by atoms with Crippen molar-refractivity contribution in [2.45, 2.75) is 26.4 Å². The summed E-state index contributed by atoms with van der Waals surface area (Å²) in [5, 5.41) is 3.34. The number of carbonyl (C=O) groups excluding carboxylic acids is 2. The van der Waals surface area contributed by atoms with Gasteiger partial charge in [-0.05, 0) is 59.8 Å². The minimum Gasteiger partial charge on any atom is -0.469 e. The van der Waals surface area contributed by atoms with E-state index in [1.54, 1.807) is 32.0 Å². The van der Waals surface area contributed by atoms with Gasteiger partial charge in [-0.25, -0.2) is 9.18 Å². The standard InChI is InChI=1S/C28H24ClFN2O4S/c1-16-26(31-28(34)36-17(2)22-6-4-5-7-23(22)29)27(37-32-16)19-10-8-18(9-11-19)20-12-13-21(24(30)14-20)15-25(33)35-3/h4-14,17H,15H2,1-3H3,(H,31,34)/t17-/m1/s1.